The van der Waals surface area contributed by atoms with Crippen LogP contribution in [0.1, 0.15) is 21.7 Å². The Morgan fingerprint density at radius 3 is 2.71 bits per heavy atom. The average molecular weight is 294 g/mol. The minimum absolute atomic E-state index is 0.104. The van der Waals surface area contributed by atoms with Gasteiger partial charge in [0.25, 0.3) is 0 Å². The van der Waals surface area contributed by atoms with Crippen molar-refractivity contribution < 1.29 is 9.32 Å². The highest BCUT2D eigenvalue weighted by atomic mass is 79.9. The first-order valence-corrected chi connectivity index (χ1v) is 6.37. The van der Waals surface area contributed by atoms with Gasteiger partial charge in [0, 0.05) is 11.6 Å². The van der Waals surface area contributed by atoms with Crippen molar-refractivity contribution in [3.63, 3.8) is 0 Å². The predicted molar refractivity (Wildman–Crippen MR) is 69.5 cm³/mol. The minimum atomic E-state index is -0.104. The van der Waals surface area contributed by atoms with Gasteiger partial charge < -0.3 is 4.52 Å². The van der Waals surface area contributed by atoms with E-state index in [1.807, 2.05) is 25.1 Å². The number of carbonyl (C=O) groups is 1. The number of rotatable bonds is 3. The number of Topliss-reactive ketones (excluding diaryl/α,β-unsaturated/α-hetero) is 1. The molecule has 0 amide bonds. The van der Waals surface area contributed by atoms with Crippen molar-refractivity contribution in [2.24, 2.45) is 0 Å². The van der Waals surface area contributed by atoms with Crippen molar-refractivity contribution in [3.05, 3.63) is 41.2 Å². The van der Waals surface area contributed by atoms with E-state index in [9.17, 15) is 4.79 Å². The lowest BCUT2D eigenvalue weighted by atomic mass is 10.0. The first-order valence-electron chi connectivity index (χ1n) is 5.25. The molecule has 3 nitrogen and oxygen atoms in total. The topological polar surface area (TPSA) is 43.1 Å². The summed E-state index contributed by atoms with van der Waals surface area (Å²) in [6, 6.07) is 7.72. The Kier molecular flexibility index (Phi) is 3.43. The van der Waals surface area contributed by atoms with Crippen LogP contribution in [0.4, 0.5) is 0 Å². The third-order valence-electron chi connectivity index (χ3n) is 2.71. The Morgan fingerprint density at radius 1 is 1.29 bits per heavy atom. The van der Waals surface area contributed by atoms with Crippen LogP contribution in [0.15, 0.2) is 28.8 Å². The molecule has 0 unspecified atom stereocenters. The van der Waals surface area contributed by atoms with Crippen LogP contribution in [-0.4, -0.2) is 16.3 Å². The average Bonchev–Trinajstić information content (AvgIpc) is 2.81. The molecule has 0 bridgehead atoms. The third kappa shape index (κ3) is 2.47. The molecule has 4 heteroatoms. The van der Waals surface area contributed by atoms with Gasteiger partial charge in [-0.05, 0) is 31.0 Å². The molecule has 0 aliphatic rings. The zero-order valence-corrected chi connectivity index (χ0v) is 11.2. The van der Waals surface area contributed by atoms with Crippen LogP contribution in [0.3, 0.4) is 0 Å². The first kappa shape index (κ1) is 12.0. The van der Waals surface area contributed by atoms with E-state index in [1.54, 1.807) is 6.07 Å². The van der Waals surface area contributed by atoms with Gasteiger partial charge in [-0.3, -0.25) is 4.79 Å². The van der Waals surface area contributed by atoms with Crippen molar-refractivity contribution in [2.75, 3.05) is 5.33 Å². The van der Waals surface area contributed by atoms with Crippen molar-refractivity contribution in [1.82, 2.24) is 5.16 Å². The number of ketones is 1. The predicted octanol–water partition coefficient (Wildman–Crippen LogP) is 3.54. The lowest BCUT2D eigenvalue weighted by Crippen LogP contribution is -1.96. The molecule has 0 radical (unpaired) electrons. The van der Waals surface area contributed by atoms with Crippen molar-refractivity contribution in [2.45, 2.75) is 13.8 Å². The summed E-state index contributed by atoms with van der Waals surface area (Å²) in [5.74, 6) is 0.183. The second kappa shape index (κ2) is 4.84. The molecule has 0 aliphatic carbocycles. The van der Waals surface area contributed by atoms with Crippen LogP contribution in [0, 0.1) is 13.8 Å². The van der Waals surface area contributed by atoms with E-state index in [4.69, 9.17) is 4.52 Å². The maximum atomic E-state index is 11.4. The van der Waals surface area contributed by atoms with Crippen LogP contribution in [0.5, 0.6) is 0 Å². The van der Waals surface area contributed by atoms with E-state index in [-0.39, 0.29) is 16.9 Å². The summed E-state index contributed by atoms with van der Waals surface area (Å²) in [5, 5.41) is 4.15. The summed E-state index contributed by atoms with van der Waals surface area (Å²) in [4.78, 5) is 11.4. The Hall–Kier alpha value is -1.42. The van der Waals surface area contributed by atoms with Gasteiger partial charge in [-0.2, -0.15) is 0 Å². The number of hydrogen-bond acceptors (Lipinski definition) is 3. The molecule has 17 heavy (non-hydrogen) atoms. The number of benzene rings is 1. The second-order valence-electron chi connectivity index (χ2n) is 3.93. The highest BCUT2D eigenvalue weighted by Crippen LogP contribution is 2.22. The van der Waals surface area contributed by atoms with Gasteiger partial charge in [-0.1, -0.05) is 33.2 Å². The fourth-order valence-corrected chi connectivity index (χ4v) is 1.79. The maximum Gasteiger partial charge on any atom is 0.211 e. The van der Waals surface area contributed by atoms with Gasteiger partial charge in [-0.25, -0.2) is 0 Å². The van der Waals surface area contributed by atoms with Crippen LogP contribution in [-0.2, 0) is 0 Å². The molecule has 0 atom stereocenters. The number of halogens is 1. The summed E-state index contributed by atoms with van der Waals surface area (Å²) in [7, 11) is 0. The molecule has 0 aliphatic heterocycles. The smallest absolute Gasteiger partial charge is 0.211 e. The van der Waals surface area contributed by atoms with Gasteiger partial charge in [0.2, 0.25) is 11.5 Å². The molecule has 2 rings (SSSR count). The van der Waals surface area contributed by atoms with E-state index < -0.39 is 0 Å². The molecule has 0 fully saturated rings. The summed E-state index contributed by atoms with van der Waals surface area (Å²) in [6.45, 7) is 4.10. The molecular weight excluding hydrogens is 282 g/mol. The van der Waals surface area contributed by atoms with E-state index >= 15 is 0 Å². The molecule has 0 saturated heterocycles. The molecular formula is C13H12BrNO2. The van der Waals surface area contributed by atoms with Gasteiger partial charge >= 0.3 is 0 Å². The zero-order chi connectivity index (χ0) is 12.4. The SMILES string of the molecule is Cc1ccc(-c2cc(C(=O)CBr)on2)cc1C. The Labute approximate surface area is 108 Å². The number of aryl methyl sites for hydroxylation is 2. The fourth-order valence-electron chi connectivity index (χ4n) is 1.51. The molecule has 0 spiro atoms. The quantitative estimate of drug-likeness (QED) is 0.642. The highest BCUT2D eigenvalue weighted by molar-refractivity contribution is 9.09. The summed E-state index contributed by atoms with van der Waals surface area (Å²) in [6.07, 6.45) is 0. The number of aromatic nitrogens is 1. The second-order valence-corrected chi connectivity index (χ2v) is 4.49. The van der Waals surface area contributed by atoms with Crippen LogP contribution >= 0.6 is 15.9 Å². The lowest BCUT2D eigenvalue weighted by molar-refractivity contribution is 0.0985. The van der Waals surface area contributed by atoms with Gasteiger partial charge in [0.1, 0.15) is 5.69 Å². The van der Waals surface area contributed by atoms with E-state index in [0.29, 0.717) is 5.69 Å². The standard InChI is InChI=1S/C13H12BrNO2/c1-8-3-4-10(5-9(8)2)11-6-13(17-15-11)12(16)7-14/h3-6H,7H2,1-2H3. The summed E-state index contributed by atoms with van der Waals surface area (Å²) in [5.41, 5.74) is 4.08. The van der Waals surface area contributed by atoms with Crippen LogP contribution in [0.25, 0.3) is 11.3 Å². The summed E-state index contributed by atoms with van der Waals surface area (Å²) < 4.78 is 5.01. The molecule has 2 aromatic rings. The number of hydrogen-bond donors (Lipinski definition) is 0. The van der Waals surface area contributed by atoms with Crippen LogP contribution < -0.4 is 0 Å². The van der Waals surface area contributed by atoms with Crippen molar-refractivity contribution in [1.29, 1.82) is 0 Å². The van der Waals surface area contributed by atoms with Crippen molar-refractivity contribution in [3.8, 4) is 11.3 Å². The number of carbonyl (C=O) groups excluding carboxylic acids is 1. The largest absolute Gasteiger partial charge is 0.352 e. The molecule has 0 N–H and O–H groups in total. The van der Waals surface area contributed by atoms with E-state index in [1.165, 1.54) is 11.1 Å². The summed E-state index contributed by atoms with van der Waals surface area (Å²) >= 11 is 3.10. The molecule has 0 saturated carbocycles. The molecule has 1 aromatic heterocycles. The molecule has 1 aromatic carbocycles. The van der Waals surface area contributed by atoms with Gasteiger partial charge in [0.15, 0.2) is 0 Å². The van der Waals surface area contributed by atoms with Gasteiger partial charge in [0.05, 0.1) is 5.33 Å². The Balaban J connectivity index is 2.37. The minimum Gasteiger partial charge on any atom is -0.352 e. The fraction of sp³-hybridized carbons (Fsp3) is 0.231. The highest BCUT2D eigenvalue weighted by Gasteiger charge is 2.12. The van der Waals surface area contributed by atoms with Crippen molar-refractivity contribution >= 4 is 21.7 Å². The Bertz CT molecular complexity index is 560. The molecule has 88 valence electrons. The monoisotopic (exact) mass is 293 g/mol. The van der Waals surface area contributed by atoms with E-state index in [0.717, 1.165) is 5.56 Å². The third-order valence-corrected chi connectivity index (χ3v) is 3.22. The van der Waals surface area contributed by atoms with Gasteiger partial charge in [-0.15, -0.1) is 0 Å². The number of nitrogens with zero attached hydrogens (tertiary/aromatic N) is 1. The van der Waals surface area contributed by atoms with E-state index in [2.05, 4.69) is 28.0 Å². The first-order chi connectivity index (χ1) is 8.11. The van der Waals surface area contributed by atoms with Crippen LogP contribution in [0.2, 0.25) is 0 Å². The Morgan fingerprint density at radius 2 is 2.06 bits per heavy atom. The number of alkyl halides is 1. The molecule has 1 heterocycles. The normalized spacial score (nSPS) is 10.5. The zero-order valence-electron chi connectivity index (χ0n) is 9.66. The lowest BCUT2D eigenvalue weighted by Gasteiger charge is -2.01. The maximum absolute atomic E-state index is 11.4.